The highest BCUT2D eigenvalue weighted by Gasteiger charge is 2.17. The third-order valence-corrected chi connectivity index (χ3v) is 3.78. The summed E-state index contributed by atoms with van der Waals surface area (Å²) in [5.74, 6) is 0.966. The highest BCUT2D eigenvalue weighted by molar-refractivity contribution is 5.84. The predicted molar refractivity (Wildman–Crippen MR) is 80.8 cm³/mol. The van der Waals surface area contributed by atoms with E-state index in [1.54, 1.807) is 0 Å². The summed E-state index contributed by atoms with van der Waals surface area (Å²) in [6.07, 6.45) is 2.25. The number of amides is 1. The van der Waals surface area contributed by atoms with Gasteiger partial charge in [0.15, 0.2) is 0 Å². The molecule has 1 aromatic carbocycles. The average molecular weight is 269 g/mol. The van der Waals surface area contributed by atoms with Crippen LogP contribution in [0.5, 0.6) is 0 Å². The molecule has 20 heavy (non-hydrogen) atoms. The van der Waals surface area contributed by atoms with Crippen molar-refractivity contribution in [3.63, 3.8) is 0 Å². The Bertz CT molecular complexity index is 633. The van der Waals surface area contributed by atoms with Crippen LogP contribution in [-0.4, -0.2) is 35.4 Å². The van der Waals surface area contributed by atoms with E-state index in [1.807, 2.05) is 30.0 Å². The molecular weight excluding hydrogens is 250 g/mol. The molecule has 1 saturated heterocycles. The summed E-state index contributed by atoms with van der Waals surface area (Å²) in [5, 5.41) is 4.31. The van der Waals surface area contributed by atoms with E-state index in [-0.39, 0.29) is 5.91 Å². The number of hydrogen-bond donors (Lipinski definition) is 1. The SMILES string of the molecule is Cc1cc2ccccc2nc1NCC(=O)N1CCCC1. The Kier molecular flexibility index (Phi) is 3.54. The monoisotopic (exact) mass is 269 g/mol. The van der Waals surface area contributed by atoms with Crippen molar-refractivity contribution in [3.8, 4) is 0 Å². The fourth-order valence-electron chi connectivity index (χ4n) is 2.64. The summed E-state index contributed by atoms with van der Waals surface area (Å²) in [7, 11) is 0. The van der Waals surface area contributed by atoms with Crippen LogP contribution in [0.2, 0.25) is 0 Å². The average Bonchev–Trinajstić information content (AvgIpc) is 2.99. The van der Waals surface area contributed by atoms with Crippen LogP contribution < -0.4 is 5.32 Å². The number of anilines is 1. The molecule has 1 aromatic heterocycles. The van der Waals surface area contributed by atoms with Gasteiger partial charge in [-0.05, 0) is 37.5 Å². The van der Waals surface area contributed by atoms with E-state index < -0.39 is 0 Å². The maximum atomic E-state index is 12.0. The molecule has 4 nitrogen and oxygen atoms in total. The molecule has 1 amide bonds. The Morgan fingerprint density at radius 1 is 1.30 bits per heavy atom. The summed E-state index contributed by atoms with van der Waals surface area (Å²) in [4.78, 5) is 18.5. The van der Waals surface area contributed by atoms with E-state index in [2.05, 4.69) is 22.4 Å². The zero-order chi connectivity index (χ0) is 13.9. The lowest BCUT2D eigenvalue weighted by atomic mass is 10.1. The molecule has 1 N–H and O–H groups in total. The predicted octanol–water partition coefficient (Wildman–Crippen LogP) is 2.58. The van der Waals surface area contributed by atoms with Gasteiger partial charge in [0.25, 0.3) is 0 Å². The van der Waals surface area contributed by atoms with Crippen LogP contribution in [0.25, 0.3) is 10.9 Å². The van der Waals surface area contributed by atoms with Gasteiger partial charge in [0.2, 0.25) is 5.91 Å². The van der Waals surface area contributed by atoms with E-state index in [0.717, 1.165) is 48.2 Å². The molecular formula is C16H19N3O. The smallest absolute Gasteiger partial charge is 0.241 e. The lowest BCUT2D eigenvalue weighted by molar-refractivity contribution is -0.128. The number of benzene rings is 1. The summed E-state index contributed by atoms with van der Waals surface area (Å²) in [6, 6.07) is 10.1. The van der Waals surface area contributed by atoms with Gasteiger partial charge in [0.1, 0.15) is 5.82 Å². The molecule has 1 fully saturated rings. The number of hydrogen-bond acceptors (Lipinski definition) is 3. The molecule has 0 aliphatic carbocycles. The van der Waals surface area contributed by atoms with Crippen molar-refractivity contribution >= 4 is 22.6 Å². The van der Waals surface area contributed by atoms with Crippen molar-refractivity contribution in [2.75, 3.05) is 25.0 Å². The number of para-hydroxylation sites is 1. The van der Waals surface area contributed by atoms with Crippen molar-refractivity contribution in [2.45, 2.75) is 19.8 Å². The largest absolute Gasteiger partial charge is 0.361 e. The zero-order valence-corrected chi connectivity index (χ0v) is 11.7. The molecule has 0 saturated carbocycles. The van der Waals surface area contributed by atoms with Gasteiger partial charge in [-0.2, -0.15) is 0 Å². The van der Waals surface area contributed by atoms with Crippen molar-refractivity contribution in [2.24, 2.45) is 0 Å². The van der Waals surface area contributed by atoms with Gasteiger partial charge in [-0.25, -0.2) is 4.98 Å². The minimum absolute atomic E-state index is 0.164. The van der Waals surface area contributed by atoms with Gasteiger partial charge in [0, 0.05) is 18.5 Å². The molecule has 0 spiro atoms. The lowest BCUT2D eigenvalue weighted by Gasteiger charge is -2.16. The van der Waals surface area contributed by atoms with Gasteiger partial charge in [-0.3, -0.25) is 4.79 Å². The summed E-state index contributed by atoms with van der Waals surface area (Å²) in [6.45, 7) is 4.13. The topological polar surface area (TPSA) is 45.2 Å². The van der Waals surface area contributed by atoms with Crippen molar-refractivity contribution in [3.05, 3.63) is 35.9 Å². The first kappa shape index (κ1) is 12.9. The van der Waals surface area contributed by atoms with Gasteiger partial charge in [-0.1, -0.05) is 18.2 Å². The molecule has 1 aliphatic rings. The number of nitrogens with one attached hydrogen (secondary N) is 1. The molecule has 0 unspecified atom stereocenters. The van der Waals surface area contributed by atoms with Gasteiger partial charge in [0.05, 0.1) is 12.1 Å². The maximum Gasteiger partial charge on any atom is 0.241 e. The molecule has 4 heteroatoms. The molecule has 104 valence electrons. The number of fused-ring (bicyclic) bond motifs is 1. The standard InChI is InChI=1S/C16H19N3O/c1-12-10-13-6-2-3-7-14(13)18-16(12)17-11-15(20)19-8-4-5-9-19/h2-3,6-7,10H,4-5,8-9,11H2,1H3,(H,17,18). The van der Waals surface area contributed by atoms with Gasteiger partial charge < -0.3 is 10.2 Å². The molecule has 3 rings (SSSR count). The Hall–Kier alpha value is -2.10. The molecule has 0 bridgehead atoms. The van der Waals surface area contributed by atoms with E-state index >= 15 is 0 Å². The highest BCUT2D eigenvalue weighted by atomic mass is 16.2. The second kappa shape index (κ2) is 5.49. The van der Waals surface area contributed by atoms with E-state index in [1.165, 1.54) is 0 Å². The minimum atomic E-state index is 0.164. The number of carbonyl (C=O) groups is 1. The number of carbonyl (C=O) groups excluding carboxylic acids is 1. The van der Waals surface area contributed by atoms with Crippen LogP contribution in [0.1, 0.15) is 18.4 Å². The Morgan fingerprint density at radius 2 is 2.05 bits per heavy atom. The van der Waals surface area contributed by atoms with Crippen LogP contribution >= 0.6 is 0 Å². The third kappa shape index (κ3) is 2.59. The Morgan fingerprint density at radius 3 is 2.85 bits per heavy atom. The van der Waals surface area contributed by atoms with Gasteiger partial charge in [-0.15, -0.1) is 0 Å². The second-order valence-electron chi connectivity index (χ2n) is 5.29. The fraction of sp³-hybridized carbons (Fsp3) is 0.375. The quantitative estimate of drug-likeness (QED) is 0.931. The normalized spacial score (nSPS) is 14.8. The lowest BCUT2D eigenvalue weighted by Crippen LogP contribution is -2.33. The Balaban J connectivity index is 1.73. The number of likely N-dealkylation sites (tertiary alicyclic amines) is 1. The second-order valence-corrected chi connectivity index (χ2v) is 5.29. The summed E-state index contributed by atoms with van der Waals surface area (Å²) >= 11 is 0. The first-order valence-electron chi connectivity index (χ1n) is 7.12. The fourth-order valence-corrected chi connectivity index (χ4v) is 2.64. The van der Waals surface area contributed by atoms with Crippen LogP contribution in [0.15, 0.2) is 30.3 Å². The number of nitrogens with zero attached hydrogens (tertiary/aromatic N) is 2. The minimum Gasteiger partial charge on any atom is -0.361 e. The first-order chi connectivity index (χ1) is 9.74. The van der Waals surface area contributed by atoms with Crippen LogP contribution in [-0.2, 0) is 4.79 Å². The summed E-state index contributed by atoms with van der Waals surface area (Å²) in [5.41, 5.74) is 2.02. The van der Waals surface area contributed by atoms with Crippen molar-refractivity contribution in [1.29, 1.82) is 0 Å². The Labute approximate surface area is 118 Å². The van der Waals surface area contributed by atoms with E-state index in [9.17, 15) is 4.79 Å². The number of aromatic nitrogens is 1. The van der Waals surface area contributed by atoms with E-state index in [4.69, 9.17) is 0 Å². The van der Waals surface area contributed by atoms with Crippen molar-refractivity contribution in [1.82, 2.24) is 9.88 Å². The molecule has 1 aliphatic heterocycles. The molecule has 2 heterocycles. The first-order valence-corrected chi connectivity index (χ1v) is 7.12. The zero-order valence-electron chi connectivity index (χ0n) is 11.7. The molecule has 0 atom stereocenters. The van der Waals surface area contributed by atoms with Crippen LogP contribution in [0.3, 0.4) is 0 Å². The highest BCUT2D eigenvalue weighted by Crippen LogP contribution is 2.19. The van der Waals surface area contributed by atoms with Gasteiger partial charge >= 0.3 is 0 Å². The number of aryl methyl sites for hydroxylation is 1. The van der Waals surface area contributed by atoms with E-state index in [0.29, 0.717) is 6.54 Å². The van der Waals surface area contributed by atoms with Crippen LogP contribution in [0, 0.1) is 6.92 Å². The summed E-state index contributed by atoms with van der Waals surface area (Å²) < 4.78 is 0. The van der Waals surface area contributed by atoms with Crippen molar-refractivity contribution < 1.29 is 4.79 Å². The number of pyridine rings is 1. The third-order valence-electron chi connectivity index (χ3n) is 3.78. The molecule has 0 radical (unpaired) electrons. The number of rotatable bonds is 3. The maximum absolute atomic E-state index is 12.0. The molecule has 2 aromatic rings. The van der Waals surface area contributed by atoms with Crippen LogP contribution in [0.4, 0.5) is 5.82 Å².